The molecule has 2 amide bonds. The highest BCUT2D eigenvalue weighted by molar-refractivity contribution is 5.94. The van der Waals surface area contributed by atoms with E-state index in [4.69, 9.17) is 5.73 Å². The van der Waals surface area contributed by atoms with Crippen LogP contribution in [0, 0.1) is 5.95 Å². The number of pyridine rings is 1. The van der Waals surface area contributed by atoms with Gasteiger partial charge in [0, 0.05) is 6.54 Å². The molecule has 0 aliphatic heterocycles. The van der Waals surface area contributed by atoms with Gasteiger partial charge in [-0.25, -0.2) is 4.98 Å². The van der Waals surface area contributed by atoms with Crippen LogP contribution >= 0.6 is 0 Å². The molecule has 0 saturated carbocycles. The number of likely N-dealkylation sites (N-methyl/N-ethyl adjacent to an activating group) is 1. The summed E-state index contributed by atoms with van der Waals surface area (Å²) in [5.41, 5.74) is 4.95. The number of amides is 2. The van der Waals surface area contributed by atoms with E-state index < -0.39 is 17.8 Å². The quantitative estimate of drug-likeness (QED) is 0.742. The molecule has 0 radical (unpaired) electrons. The van der Waals surface area contributed by atoms with E-state index in [0.29, 0.717) is 6.54 Å². The van der Waals surface area contributed by atoms with Gasteiger partial charge in [-0.3, -0.25) is 9.59 Å². The Labute approximate surface area is 92.1 Å². The minimum Gasteiger partial charge on any atom is -0.368 e. The Morgan fingerprint density at radius 2 is 2.19 bits per heavy atom. The maximum absolute atomic E-state index is 12.8. The van der Waals surface area contributed by atoms with Gasteiger partial charge in [0.15, 0.2) is 0 Å². The van der Waals surface area contributed by atoms with Crippen LogP contribution in [0.4, 0.5) is 4.39 Å². The molecule has 0 aliphatic carbocycles. The van der Waals surface area contributed by atoms with Crippen LogP contribution < -0.4 is 5.73 Å². The van der Waals surface area contributed by atoms with Crippen LogP contribution in [0.3, 0.4) is 0 Å². The first-order valence-corrected chi connectivity index (χ1v) is 4.74. The molecule has 1 aromatic heterocycles. The average Bonchev–Trinajstić information content (AvgIpc) is 2.24. The second-order valence-electron chi connectivity index (χ2n) is 3.13. The third kappa shape index (κ3) is 3.01. The van der Waals surface area contributed by atoms with Crippen LogP contribution in [0.5, 0.6) is 0 Å². The van der Waals surface area contributed by atoms with Gasteiger partial charge >= 0.3 is 0 Å². The molecule has 1 aromatic rings. The topological polar surface area (TPSA) is 76.3 Å². The number of rotatable bonds is 4. The molecule has 0 atom stereocenters. The van der Waals surface area contributed by atoms with Gasteiger partial charge in [-0.1, -0.05) is 6.07 Å². The molecule has 6 heteroatoms. The monoisotopic (exact) mass is 225 g/mol. The highest BCUT2D eigenvalue weighted by atomic mass is 19.1. The Bertz CT molecular complexity index is 409. The molecule has 0 aliphatic rings. The number of carbonyl (C=O) groups excluding carboxylic acids is 2. The van der Waals surface area contributed by atoms with Gasteiger partial charge in [0.1, 0.15) is 5.69 Å². The third-order valence-electron chi connectivity index (χ3n) is 1.95. The molecule has 5 nitrogen and oxygen atoms in total. The van der Waals surface area contributed by atoms with Crippen molar-refractivity contribution in [1.82, 2.24) is 9.88 Å². The van der Waals surface area contributed by atoms with Crippen molar-refractivity contribution < 1.29 is 14.0 Å². The minimum absolute atomic E-state index is 0.0388. The Hall–Kier alpha value is -1.98. The van der Waals surface area contributed by atoms with Crippen molar-refractivity contribution in [3.05, 3.63) is 29.8 Å². The largest absolute Gasteiger partial charge is 0.368 e. The average molecular weight is 225 g/mol. The normalized spacial score (nSPS) is 9.88. The lowest BCUT2D eigenvalue weighted by Gasteiger charge is -2.18. The molecule has 0 spiro atoms. The molecule has 0 bridgehead atoms. The summed E-state index contributed by atoms with van der Waals surface area (Å²) in [7, 11) is 0. The standard InChI is InChI=1S/C10H12FN3O2/c1-2-14(6-9(12)15)10(16)7-4-3-5-8(11)13-7/h3-5H,2,6H2,1H3,(H2,12,15). The molecule has 86 valence electrons. The van der Waals surface area contributed by atoms with E-state index in [9.17, 15) is 14.0 Å². The number of halogens is 1. The van der Waals surface area contributed by atoms with E-state index in [0.717, 1.165) is 6.07 Å². The fraction of sp³-hybridized carbons (Fsp3) is 0.300. The van der Waals surface area contributed by atoms with Gasteiger partial charge in [0.25, 0.3) is 5.91 Å². The number of primary amides is 1. The lowest BCUT2D eigenvalue weighted by molar-refractivity contribution is -0.118. The molecular formula is C10H12FN3O2. The second-order valence-corrected chi connectivity index (χ2v) is 3.13. The van der Waals surface area contributed by atoms with Crippen molar-refractivity contribution >= 4 is 11.8 Å². The first-order chi connectivity index (χ1) is 7.54. The van der Waals surface area contributed by atoms with Crippen molar-refractivity contribution in [3.63, 3.8) is 0 Å². The molecule has 1 rings (SSSR count). The zero-order valence-corrected chi connectivity index (χ0v) is 8.81. The maximum Gasteiger partial charge on any atom is 0.273 e. The summed E-state index contributed by atoms with van der Waals surface area (Å²) in [5.74, 6) is -1.87. The Morgan fingerprint density at radius 3 is 2.69 bits per heavy atom. The number of hydrogen-bond donors (Lipinski definition) is 1. The van der Waals surface area contributed by atoms with Crippen molar-refractivity contribution in [2.45, 2.75) is 6.92 Å². The lowest BCUT2D eigenvalue weighted by Crippen LogP contribution is -2.38. The van der Waals surface area contributed by atoms with Crippen molar-refractivity contribution in [2.24, 2.45) is 5.73 Å². The molecule has 1 heterocycles. The van der Waals surface area contributed by atoms with E-state index in [1.165, 1.54) is 17.0 Å². The van der Waals surface area contributed by atoms with E-state index in [-0.39, 0.29) is 12.2 Å². The maximum atomic E-state index is 12.8. The van der Waals surface area contributed by atoms with Crippen LogP contribution in [0.1, 0.15) is 17.4 Å². The van der Waals surface area contributed by atoms with E-state index in [1.54, 1.807) is 6.92 Å². The van der Waals surface area contributed by atoms with Crippen LogP contribution in [0.2, 0.25) is 0 Å². The zero-order chi connectivity index (χ0) is 12.1. The third-order valence-corrected chi connectivity index (χ3v) is 1.95. The van der Waals surface area contributed by atoms with E-state index >= 15 is 0 Å². The number of hydrogen-bond acceptors (Lipinski definition) is 3. The zero-order valence-electron chi connectivity index (χ0n) is 8.81. The van der Waals surface area contributed by atoms with Crippen LogP contribution in [-0.4, -0.2) is 34.8 Å². The first-order valence-electron chi connectivity index (χ1n) is 4.74. The van der Waals surface area contributed by atoms with E-state index in [2.05, 4.69) is 4.98 Å². The van der Waals surface area contributed by atoms with E-state index in [1.807, 2.05) is 0 Å². The number of carbonyl (C=O) groups is 2. The molecule has 16 heavy (non-hydrogen) atoms. The van der Waals surface area contributed by atoms with Crippen molar-refractivity contribution in [2.75, 3.05) is 13.1 Å². The molecular weight excluding hydrogens is 213 g/mol. The molecule has 0 fully saturated rings. The SMILES string of the molecule is CCN(CC(N)=O)C(=O)c1cccc(F)n1. The summed E-state index contributed by atoms with van der Waals surface area (Å²) < 4.78 is 12.8. The van der Waals surface area contributed by atoms with Gasteiger partial charge in [-0.15, -0.1) is 0 Å². The Kier molecular flexibility index (Phi) is 3.93. The van der Waals surface area contributed by atoms with Gasteiger partial charge in [0.05, 0.1) is 6.54 Å². The second kappa shape index (κ2) is 5.20. The summed E-state index contributed by atoms with van der Waals surface area (Å²) in [5, 5.41) is 0. The number of nitrogens with two attached hydrogens (primary N) is 1. The number of nitrogens with zero attached hydrogens (tertiary/aromatic N) is 2. The number of aromatic nitrogens is 1. The Morgan fingerprint density at radius 1 is 1.50 bits per heavy atom. The van der Waals surface area contributed by atoms with Gasteiger partial charge in [0.2, 0.25) is 11.9 Å². The van der Waals surface area contributed by atoms with Crippen LogP contribution in [-0.2, 0) is 4.79 Å². The lowest BCUT2D eigenvalue weighted by atomic mass is 10.3. The fourth-order valence-electron chi connectivity index (χ4n) is 1.20. The highest BCUT2D eigenvalue weighted by Crippen LogP contribution is 2.02. The molecule has 2 N–H and O–H groups in total. The predicted octanol–water partition coefficient (Wildman–Crippen LogP) is 0.168. The van der Waals surface area contributed by atoms with Crippen LogP contribution in [0.15, 0.2) is 18.2 Å². The first kappa shape index (κ1) is 12.1. The summed E-state index contributed by atoms with van der Waals surface area (Å²) >= 11 is 0. The van der Waals surface area contributed by atoms with Gasteiger partial charge < -0.3 is 10.6 Å². The smallest absolute Gasteiger partial charge is 0.273 e. The summed E-state index contributed by atoms with van der Waals surface area (Å²) in [6, 6.07) is 3.91. The van der Waals surface area contributed by atoms with Gasteiger partial charge in [-0.2, -0.15) is 4.39 Å². The fourth-order valence-corrected chi connectivity index (χ4v) is 1.20. The molecule has 0 saturated heterocycles. The highest BCUT2D eigenvalue weighted by Gasteiger charge is 2.17. The van der Waals surface area contributed by atoms with Crippen molar-refractivity contribution in [3.8, 4) is 0 Å². The van der Waals surface area contributed by atoms with Crippen LogP contribution in [0.25, 0.3) is 0 Å². The molecule has 0 unspecified atom stereocenters. The summed E-state index contributed by atoms with van der Waals surface area (Å²) in [6.45, 7) is 1.80. The summed E-state index contributed by atoms with van der Waals surface area (Å²) in [6.07, 6.45) is 0. The van der Waals surface area contributed by atoms with Crippen molar-refractivity contribution in [1.29, 1.82) is 0 Å². The predicted molar refractivity (Wildman–Crippen MR) is 55.0 cm³/mol. The minimum atomic E-state index is -0.735. The summed E-state index contributed by atoms with van der Waals surface area (Å²) in [4.78, 5) is 27.1. The molecule has 0 aromatic carbocycles. The van der Waals surface area contributed by atoms with Gasteiger partial charge in [-0.05, 0) is 19.1 Å². The Balaban J connectivity index is 2.86.